The summed E-state index contributed by atoms with van der Waals surface area (Å²) in [5.74, 6) is -0.389. The van der Waals surface area contributed by atoms with Crippen LogP contribution in [-0.2, 0) is 16.4 Å². The Kier molecular flexibility index (Phi) is 5.97. The van der Waals surface area contributed by atoms with E-state index in [1.807, 2.05) is 12.1 Å². The Hall–Kier alpha value is -1.60. The lowest BCUT2D eigenvalue weighted by Crippen LogP contribution is -2.34. The van der Waals surface area contributed by atoms with E-state index in [0.29, 0.717) is 0 Å². The van der Waals surface area contributed by atoms with Crippen molar-refractivity contribution in [3.63, 3.8) is 0 Å². The normalized spacial score (nSPS) is 14.2. The molecule has 1 aromatic carbocycles. The molecule has 0 aliphatic rings. The van der Waals surface area contributed by atoms with Gasteiger partial charge in [0.25, 0.3) is 0 Å². The van der Waals surface area contributed by atoms with E-state index in [0.717, 1.165) is 18.4 Å². The van der Waals surface area contributed by atoms with Gasteiger partial charge in [-0.25, -0.2) is 13.1 Å². The highest BCUT2D eigenvalue weighted by Crippen LogP contribution is 2.12. The van der Waals surface area contributed by atoms with Gasteiger partial charge in [0.15, 0.2) is 0 Å². The first-order chi connectivity index (χ1) is 9.40. The SMILES string of the molecule is CCCc1ccc(S(=O)(=O)NCC(C)C(N)=NO)cc1. The van der Waals surface area contributed by atoms with Gasteiger partial charge in [-0.05, 0) is 24.1 Å². The molecule has 0 amide bonds. The molecule has 0 fully saturated rings. The van der Waals surface area contributed by atoms with Crippen LogP contribution in [-0.4, -0.2) is 26.0 Å². The van der Waals surface area contributed by atoms with Crippen LogP contribution < -0.4 is 10.5 Å². The van der Waals surface area contributed by atoms with Crippen LogP contribution in [0.3, 0.4) is 0 Å². The highest BCUT2D eigenvalue weighted by Gasteiger charge is 2.16. The molecule has 112 valence electrons. The van der Waals surface area contributed by atoms with Gasteiger partial charge in [-0.3, -0.25) is 0 Å². The second-order valence-corrected chi connectivity index (χ2v) is 6.44. The molecule has 1 unspecified atom stereocenters. The molecule has 6 nitrogen and oxygen atoms in total. The van der Waals surface area contributed by atoms with E-state index in [2.05, 4.69) is 16.8 Å². The molecule has 1 aromatic rings. The van der Waals surface area contributed by atoms with Crippen LogP contribution in [0.25, 0.3) is 0 Å². The highest BCUT2D eigenvalue weighted by molar-refractivity contribution is 7.89. The molecule has 0 heterocycles. The van der Waals surface area contributed by atoms with E-state index in [1.165, 1.54) is 0 Å². The molecule has 0 bridgehead atoms. The fourth-order valence-electron chi connectivity index (χ4n) is 1.65. The van der Waals surface area contributed by atoms with E-state index in [9.17, 15) is 8.42 Å². The lowest BCUT2D eigenvalue weighted by Gasteiger charge is -2.11. The topological polar surface area (TPSA) is 105 Å². The van der Waals surface area contributed by atoms with Crippen molar-refractivity contribution in [2.75, 3.05) is 6.54 Å². The summed E-state index contributed by atoms with van der Waals surface area (Å²) in [5, 5.41) is 11.4. The number of benzene rings is 1. The molecule has 7 heteroatoms. The predicted molar refractivity (Wildman–Crippen MR) is 78.2 cm³/mol. The number of hydrogen-bond acceptors (Lipinski definition) is 4. The number of hydrogen-bond donors (Lipinski definition) is 3. The van der Waals surface area contributed by atoms with Crippen molar-refractivity contribution in [1.82, 2.24) is 4.72 Å². The first-order valence-corrected chi connectivity index (χ1v) is 7.95. The summed E-state index contributed by atoms with van der Waals surface area (Å²) in [4.78, 5) is 0.212. The summed E-state index contributed by atoms with van der Waals surface area (Å²) in [6, 6.07) is 6.79. The van der Waals surface area contributed by atoms with Gasteiger partial charge in [-0.1, -0.05) is 37.6 Å². The van der Waals surface area contributed by atoms with Crippen molar-refractivity contribution in [3.05, 3.63) is 29.8 Å². The molecule has 4 N–H and O–H groups in total. The molecule has 0 radical (unpaired) electrons. The van der Waals surface area contributed by atoms with Crippen molar-refractivity contribution < 1.29 is 13.6 Å². The molecule has 20 heavy (non-hydrogen) atoms. The van der Waals surface area contributed by atoms with Crippen molar-refractivity contribution in [1.29, 1.82) is 0 Å². The summed E-state index contributed by atoms with van der Waals surface area (Å²) in [6.07, 6.45) is 1.94. The summed E-state index contributed by atoms with van der Waals surface area (Å²) in [6.45, 7) is 3.82. The maximum atomic E-state index is 12.1. The van der Waals surface area contributed by atoms with Gasteiger partial charge in [0.05, 0.1) is 4.90 Å². The Labute approximate surface area is 119 Å². The average molecular weight is 299 g/mol. The smallest absolute Gasteiger partial charge is 0.240 e. The number of sulfonamides is 1. The van der Waals surface area contributed by atoms with E-state index < -0.39 is 10.0 Å². The van der Waals surface area contributed by atoms with Gasteiger partial charge in [-0.2, -0.15) is 0 Å². The number of nitrogens with zero attached hydrogens (tertiary/aromatic N) is 1. The van der Waals surface area contributed by atoms with Crippen LogP contribution >= 0.6 is 0 Å². The average Bonchev–Trinajstić information content (AvgIpc) is 2.45. The maximum absolute atomic E-state index is 12.1. The van der Waals surface area contributed by atoms with Crippen LogP contribution in [0.15, 0.2) is 34.3 Å². The maximum Gasteiger partial charge on any atom is 0.240 e. The first-order valence-electron chi connectivity index (χ1n) is 6.46. The van der Waals surface area contributed by atoms with Gasteiger partial charge in [0, 0.05) is 12.5 Å². The van der Waals surface area contributed by atoms with Crippen LogP contribution in [0.4, 0.5) is 0 Å². The zero-order chi connectivity index (χ0) is 15.2. The zero-order valence-corrected chi connectivity index (χ0v) is 12.5. The lowest BCUT2D eigenvalue weighted by atomic mass is 10.1. The van der Waals surface area contributed by atoms with Crippen molar-refractivity contribution in [2.24, 2.45) is 16.8 Å². The molecule has 1 atom stereocenters. The van der Waals surface area contributed by atoms with E-state index in [1.54, 1.807) is 19.1 Å². The van der Waals surface area contributed by atoms with Gasteiger partial charge in [0.1, 0.15) is 5.84 Å². The Bertz CT molecular complexity index is 553. The number of oxime groups is 1. The third-order valence-electron chi connectivity index (χ3n) is 2.97. The minimum atomic E-state index is -3.57. The Morgan fingerprint density at radius 3 is 2.50 bits per heavy atom. The van der Waals surface area contributed by atoms with Crippen LogP contribution in [0.1, 0.15) is 25.8 Å². The second kappa shape index (κ2) is 7.25. The minimum absolute atomic E-state index is 0.00834. The van der Waals surface area contributed by atoms with Crippen LogP contribution in [0.5, 0.6) is 0 Å². The number of aryl methyl sites for hydroxylation is 1. The Morgan fingerprint density at radius 2 is 2.00 bits per heavy atom. The molecule has 0 saturated carbocycles. The van der Waals surface area contributed by atoms with E-state index in [4.69, 9.17) is 10.9 Å². The summed E-state index contributed by atoms with van der Waals surface area (Å²) in [5.41, 5.74) is 6.51. The molecule has 0 saturated heterocycles. The summed E-state index contributed by atoms with van der Waals surface area (Å²) in [7, 11) is -3.57. The molecular weight excluding hydrogens is 278 g/mol. The molecule has 0 aromatic heterocycles. The zero-order valence-electron chi connectivity index (χ0n) is 11.7. The molecule has 0 aliphatic carbocycles. The summed E-state index contributed by atoms with van der Waals surface area (Å²) >= 11 is 0. The predicted octanol–water partition coefficient (Wildman–Crippen LogP) is 1.30. The van der Waals surface area contributed by atoms with E-state index >= 15 is 0 Å². The summed E-state index contributed by atoms with van der Waals surface area (Å²) < 4.78 is 26.6. The van der Waals surface area contributed by atoms with Crippen molar-refractivity contribution in [3.8, 4) is 0 Å². The van der Waals surface area contributed by atoms with Crippen LogP contribution in [0.2, 0.25) is 0 Å². The molecule has 1 rings (SSSR count). The first kappa shape index (κ1) is 16.5. The van der Waals surface area contributed by atoms with Gasteiger partial charge in [-0.15, -0.1) is 0 Å². The van der Waals surface area contributed by atoms with Crippen LogP contribution in [0, 0.1) is 5.92 Å². The quantitative estimate of drug-likeness (QED) is 0.305. The van der Waals surface area contributed by atoms with Crippen molar-refractivity contribution in [2.45, 2.75) is 31.6 Å². The lowest BCUT2D eigenvalue weighted by molar-refractivity contribution is 0.314. The van der Waals surface area contributed by atoms with Crippen molar-refractivity contribution >= 4 is 15.9 Å². The number of nitrogens with one attached hydrogen (secondary N) is 1. The molecule has 0 spiro atoms. The van der Waals surface area contributed by atoms with Gasteiger partial charge >= 0.3 is 0 Å². The monoisotopic (exact) mass is 299 g/mol. The molecular formula is C13H21N3O3S. The largest absolute Gasteiger partial charge is 0.409 e. The number of nitrogens with two attached hydrogens (primary N) is 1. The number of amidine groups is 1. The fraction of sp³-hybridized carbons (Fsp3) is 0.462. The third kappa shape index (κ3) is 4.50. The third-order valence-corrected chi connectivity index (χ3v) is 4.41. The van der Waals surface area contributed by atoms with E-state index in [-0.39, 0.29) is 23.2 Å². The Morgan fingerprint density at radius 1 is 1.40 bits per heavy atom. The fourth-order valence-corrected chi connectivity index (χ4v) is 2.78. The van der Waals surface area contributed by atoms with Gasteiger partial charge < -0.3 is 10.9 Å². The standard InChI is InChI=1S/C13H21N3O3S/c1-3-4-11-5-7-12(8-6-11)20(18,19)15-9-10(2)13(14)16-17/h5-8,10,15,17H,3-4,9H2,1-2H3,(H2,14,16). The number of rotatable bonds is 7. The highest BCUT2D eigenvalue weighted by atomic mass is 32.2. The second-order valence-electron chi connectivity index (χ2n) is 4.67. The minimum Gasteiger partial charge on any atom is -0.409 e. The Balaban J connectivity index is 2.73. The molecule has 0 aliphatic heterocycles. The van der Waals surface area contributed by atoms with Gasteiger partial charge in [0.2, 0.25) is 10.0 Å².